The molecule has 0 aliphatic carbocycles. The molecule has 7 heteroatoms. The highest BCUT2D eigenvalue weighted by atomic mass is 16.4. The van der Waals surface area contributed by atoms with Gasteiger partial charge in [0.1, 0.15) is 0 Å². The van der Waals surface area contributed by atoms with E-state index in [1.54, 1.807) is 18.5 Å². The van der Waals surface area contributed by atoms with Crippen molar-refractivity contribution in [1.29, 1.82) is 0 Å². The molecule has 20 heavy (non-hydrogen) atoms. The Morgan fingerprint density at radius 2 is 2.00 bits per heavy atom. The van der Waals surface area contributed by atoms with Crippen molar-refractivity contribution in [3.05, 3.63) is 48.2 Å². The van der Waals surface area contributed by atoms with Crippen LogP contribution in [0, 0.1) is 0 Å². The summed E-state index contributed by atoms with van der Waals surface area (Å²) in [4.78, 5) is 34.1. The molecule has 2 rings (SSSR count). The van der Waals surface area contributed by atoms with Gasteiger partial charge in [0.05, 0.1) is 0 Å². The van der Waals surface area contributed by atoms with Crippen molar-refractivity contribution in [3.8, 4) is 0 Å². The summed E-state index contributed by atoms with van der Waals surface area (Å²) in [5.41, 5.74) is 0.655. The van der Waals surface area contributed by atoms with Crippen LogP contribution in [0.15, 0.2) is 36.9 Å². The quantitative estimate of drug-likeness (QED) is 0.845. The zero-order valence-corrected chi connectivity index (χ0v) is 10.5. The maximum atomic E-state index is 11.8. The number of hydrogen-bond acceptors (Lipinski definition) is 5. The Morgan fingerprint density at radius 3 is 2.70 bits per heavy atom. The van der Waals surface area contributed by atoms with E-state index in [-0.39, 0.29) is 23.8 Å². The van der Waals surface area contributed by atoms with Crippen molar-refractivity contribution in [2.24, 2.45) is 0 Å². The molecule has 0 unspecified atom stereocenters. The van der Waals surface area contributed by atoms with Crippen LogP contribution in [-0.4, -0.2) is 31.9 Å². The van der Waals surface area contributed by atoms with Crippen LogP contribution in [-0.2, 0) is 11.2 Å². The van der Waals surface area contributed by atoms with Gasteiger partial charge in [-0.2, -0.15) is 0 Å². The second kappa shape index (κ2) is 6.37. The number of carbonyl (C=O) groups excluding carboxylic acids is 1. The third-order valence-electron chi connectivity index (χ3n) is 2.52. The SMILES string of the molecule is O=C(CCc1cccnc1)Nc1nccnc1C(=O)O. The van der Waals surface area contributed by atoms with Gasteiger partial charge < -0.3 is 10.4 Å². The van der Waals surface area contributed by atoms with Gasteiger partial charge in [0, 0.05) is 31.2 Å². The number of anilines is 1. The van der Waals surface area contributed by atoms with Crippen molar-refractivity contribution in [2.75, 3.05) is 5.32 Å². The van der Waals surface area contributed by atoms with Gasteiger partial charge in [0.15, 0.2) is 11.5 Å². The van der Waals surface area contributed by atoms with E-state index in [0.717, 1.165) is 5.56 Å². The third kappa shape index (κ3) is 3.58. The molecule has 0 aliphatic rings. The minimum Gasteiger partial charge on any atom is -0.476 e. The molecule has 7 nitrogen and oxygen atoms in total. The average molecular weight is 272 g/mol. The predicted octanol–water partition coefficient (Wildman–Crippen LogP) is 1.14. The number of rotatable bonds is 5. The fourth-order valence-corrected chi connectivity index (χ4v) is 1.58. The number of hydrogen-bond donors (Lipinski definition) is 2. The van der Waals surface area contributed by atoms with Crippen LogP contribution in [0.25, 0.3) is 0 Å². The van der Waals surface area contributed by atoms with Crippen LogP contribution in [0.4, 0.5) is 5.82 Å². The predicted molar refractivity (Wildman–Crippen MR) is 70.2 cm³/mol. The summed E-state index contributed by atoms with van der Waals surface area (Å²) < 4.78 is 0. The Bertz CT molecular complexity index is 616. The van der Waals surface area contributed by atoms with Gasteiger partial charge in [0.2, 0.25) is 5.91 Å². The van der Waals surface area contributed by atoms with E-state index < -0.39 is 5.97 Å². The fraction of sp³-hybridized carbons (Fsp3) is 0.154. The van der Waals surface area contributed by atoms with Gasteiger partial charge in [-0.25, -0.2) is 14.8 Å². The number of nitrogens with zero attached hydrogens (tertiary/aromatic N) is 3. The number of amides is 1. The number of carbonyl (C=O) groups is 2. The lowest BCUT2D eigenvalue weighted by atomic mass is 10.1. The minimum absolute atomic E-state index is 0.0452. The Morgan fingerprint density at radius 1 is 1.20 bits per heavy atom. The number of carboxylic acid groups (broad SMARTS) is 1. The summed E-state index contributed by atoms with van der Waals surface area (Å²) in [6.07, 6.45) is 6.64. The number of nitrogens with one attached hydrogen (secondary N) is 1. The van der Waals surface area contributed by atoms with Crippen molar-refractivity contribution in [2.45, 2.75) is 12.8 Å². The first kappa shape index (κ1) is 13.6. The number of aromatic carboxylic acids is 1. The van der Waals surface area contributed by atoms with Crippen molar-refractivity contribution >= 4 is 17.7 Å². The molecule has 0 aliphatic heterocycles. The molecule has 0 saturated carbocycles. The number of carboxylic acids is 1. The first-order valence-corrected chi connectivity index (χ1v) is 5.90. The lowest BCUT2D eigenvalue weighted by Gasteiger charge is -2.06. The highest BCUT2D eigenvalue weighted by Crippen LogP contribution is 2.09. The second-order valence-electron chi connectivity index (χ2n) is 3.97. The van der Waals surface area contributed by atoms with Gasteiger partial charge in [-0.05, 0) is 18.1 Å². The third-order valence-corrected chi connectivity index (χ3v) is 2.52. The molecule has 2 heterocycles. The first-order chi connectivity index (χ1) is 9.66. The molecule has 2 aromatic rings. The molecule has 2 aromatic heterocycles. The molecule has 0 aromatic carbocycles. The van der Waals surface area contributed by atoms with Crippen LogP contribution in [0.2, 0.25) is 0 Å². The number of aryl methyl sites for hydroxylation is 1. The number of pyridine rings is 1. The summed E-state index contributed by atoms with van der Waals surface area (Å²) in [7, 11) is 0. The Labute approximate surface area is 114 Å². The van der Waals surface area contributed by atoms with Gasteiger partial charge in [-0.3, -0.25) is 9.78 Å². The number of aromatic nitrogens is 3. The van der Waals surface area contributed by atoms with E-state index in [4.69, 9.17) is 5.11 Å². The smallest absolute Gasteiger partial charge is 0.358 e. The molecular formula is C13H12N4O3. The maximum absolute atomic E-state index is 11.8. The van der Waals surface area contributed by atoms with E-state index in [2.05, 4.69) is 20.3 Å². The summed E-state index contributed by atoms with van der Waals surface area (Å²) in [6.45, 7) is 0. The molecule has 102 valence electrons. The molecule has 0 saturated heterocycles. The normalized spacial score (nSPS) is 10.0. The van der Waals surface area contributed by atoms with Crippen molar-refractivity contribution in [1.82, 2.24) is 15.0 Å². The fourth-order valence-electron chi connectivity index (χ4n) is 1.58. The van der Waals surface area contributed by atoms with Crippen LogP contribution in [0.5, 0.6) is 0 Å². The van der Waals surface area contributed by atoms with E-state index in [0.29, 0.717) is 6.42 Å². The van der Waals surface area contributed by atoms with Crippen LogP contribution in [0.3, 0.4) is 0 Å². The molecule has 0 bridgehead atoms. The highest BCUT2D eigenvalue weighted by molar-refractivity contribution is 5.97. The Hall–Kier alpha value is -2.83. The summed E-state index contributed by atoms with van der Waals surface area (Å²) in [5, 5.41) is 11.4. The molecular weight excluding hydrogens is 260 g/mol. The zero-order valence-electron chi connectivity index (χ0n) is 10.5. The van der Waals surface area contributed by atoms with Crippen molar-refractivity contribution in [3.63, 3.8) is 0 Å². The second-order valence-corrected chi connectivity index (χ2v) is 3.97. The highest BCUT2D eigenvalue weighted by Gasteiger charge is 2.14. The molecule has 0 spiro atoms. The largest absolute Gasteiger partial charge is 0.476 e. The summed E-state index contributed by atoms with van der Waals surface area (Å²) >= 11 is 0. The maximum Gasteiger partial charge on any atom is 0.358 e. The topological polar surface area (TPSA) is 105 Å². The zero-order chi connectivity index (χ0) is 14.4. The van der Waals surface area contributed by atoms with Crippen LogP contribution >= 0.6 is 0 Å². The molecule has 1 amide bonds. The van der Waals surface area contributed by atoms with E-state index >= 15 is 0 Å². The lowest BCUT2D eigenvalue weighted by molar-refractivity contribution is -0.116. The van der Waals surface area contributed by atoms with E-state index in [9.17, 15) is 9.59 Å². The average Bonchev–Trinajstić information content (AvgIpc) is 2.46. The molecule has 0 radical (unpaired) electrons. The Kier molecular flexibility index (Phi) is 4.33. The van der Waals surface area contributed by atoms with E-state index in [1.807, 2.05) is 6.07 Å². The molecule has 2 N–H and O–H groups in total. The monoisotopic (exact) mass is 272 g/mol. The standard InChI is InChI=1S/C13H12N4O3/c18-10(4-3-9-2-1-5-14-8-9)17-12-11(13(19)20)15-6-7-16-12/h1-2,5-8H,3-4H2,(H,19,20)(H,16,17,18). The Balaban J connectivity index is 1.97. The summed E-state index contributed by atoms with van der Waals surface area (Å²) in [5.74, 6) is -1.60. The van der Waals surface area contributed by atoms with Crippen LogP contribution in [0.1, 0.15) is 22.5 Å². The lowest BCUT2D eigenvalue weighted by Crippen LogP contribution is -2.17. The van der Waals surface area contributed by atoms with Crippen molar-refractivity contribution < 1.29 is 14.7 Å². The first-order valence-electron chi connectivity index (χ1n) is 5.90. The van der Waals surface area contributed by atoms with Crippen LogP contribution < -0.4 is 5.32 Å². The van der Waals surface area contributed by atoms with Gasteiger partial charge in [-0.1, -0.05) is 6.07 Å². The minimum atomic E-state index is -1.24. The molecule has 0 fully saturated rings. The van der Waals surface area contributed by atoms with Gasteiger partial charge in [0.25, 0.3) is 0 Å². The molecule has 0 atom stereocenters. The summed E-state index contributed by atoms with van der Waals surface area (Å²) in [6, 6.07) is 3.66. The van der Waals surface area contributed by atoms with Gasteiger partial charge in [-0.15, -0.1) is 0 Å². The van der Waals surface area contributed by atoms with Gasteiger partial charge >= 0.3 is 5.97 Å². The van der Waals surface area contributed by atoms with E-state index in [1.165, 1.54) is 12.4 Å².